The zero-order valence-corrected chi connectivity index (χ0v) is 11.1. The molecule has 0 aliphatic carbocycles. The van der Waals surface area contributed by atoms with Crippen molar-refractivity contribution < 1.29 is 22.7 Å². The van der Waals surface area contributed by atoms with Gasteiger partial charge in [-0.2, -0.15) is 0 Å². The van der Waals surface area contributed by atoms with Crippen molar-refractivity contribution >= 4 is 21.9 Å². The first-order valence-electron chi connectivity index (χ1n) is 5.17. The molecule has 0 aromatic carbocycles. The molecule has 0 aliphatic heterocycles. The first-order valence-corrected chi connectivity index (χ1v) is 6.29. The summed E-state index contributed by atoms with van der Waals surface area (Å²) in [6.07, 6.45) is -3.28. The molecule has 1 aromatic rings. The van der Waals surface area contributed by atoms with Crippen LogP contribution in [0, 0.1) is 5.82 Å². The molecule has 0 bridgehead atoms. The molecular weight excluding hydrogens is 315 g/mol. The number of hydrogen-bond donors (Lipinski definition) is 0. The first kappa shape index (κ1) is 14.9. The van der Waals surface area contributed by atoms with Crippen molar-refractivity contribution in [3.8, 4) is 0 Å². The van der Waals surface area contributed by atoms with Crippen LogP contribution in [0.2, 0.25) is 0 Å². The maximum atomic E-state index is 13.5. The second-order valence-corrected chi connectivity index (χ2v) is 3.95. The highest BCUT2D eigenvalue weighted by molar-refractivity contribution is 9.08. The molecule has 0 radical (unpaired) electrons. The molecule has 0 fully saturated rings. The fourth-order valence-corrected chi connectivity index (χ4v) is 1.77. The number of esters is 1. The molecule has 0 amide bonds. The molecule has 0 saturated carbocycles. The number of rotatable bonds is 5. The maximum absolute atomic E-state index is 13.5. The zero-order valence-electron chi connectivity index (χ0n) is 9.55. The van der Waals surface area contributed by atoms with Crippen molar-refractivity contribution in [3.63, 3.8) is 0 Å². The lowest BCUT2D eigenvalue weighted by Crippen LogP contribution is -2.11. The van der Waals surface area contributed by atoms with Crippen molar-refractivity contribution in [2.45, 2.75) is 25.1 Å². The number of halogens is 4. The van der Waals surface area contributed by atoms with Crippen molar-refractivity contribution in [2.24, 2.45) is 0 Å². The maximum Gasteiger partial charge on any atom is 0.311 e. The molecule has 0 saturated heterocycles. The summed E-state index contributed by atoms with van der Waals surface area (Å²) in [4.78, 5) is 14.7. The summed E-state index contributed by atoms with van der Waals surface area (Å²) in [6, 6.07) is 1.27. The van der Waals surface area contributed by atoms with E-state index >= 15 is 0 Å². The van der Waals surface area contributed by atoms with Crippen LogP contribution in [0.25, 0.3) is 0 Å². The Morgan fingerprint density at radius 1 is 1.56 bits per heavy atom. The number of hydrogen-bond acceptors (Lipinski definition) is 3. The molecule has 1 aromatic heterocycles. The van der Waals surface area contributed by atoms with E-state index in [9.17, 15) is 18.0 Å². The molecule has 0 unspecified atom stereocenters. The van der Waals surface area contributed by atoms with E-state index in [1.165, 1.54) is 6.07 Å². The van der Waals surface area contributed by atoms with Gasteiger partial charge in [0.25, 0.3) is 6.43 Å². The Morgan fingerprint density at radius 3 is 2.72 bits per heavy atom. The minimum Gasteiger partial charge on any atom is -0.466 e. The summed E-state index contributed by atoms with van der Waals surface area (Å²) in [5.74, 6) is -1.63. The van der Waals surface area contributed by atoms with Gasteiger partial charge in [-0.25, -0.2) is 18.2 Å². The Morgan fingerprint density at radius 2 is 2.22 bits per heavy atom. The van der Waals surface area contributed by atoms with Crippen LogP contribution in [0.1, 0.15) is 30.3 Å². The van der Waals surface area contributed by atoms with Crippen LogP contribution in [-0.4, -0.2) is 17.6 Å². The van der Waals surface area contributed by atoms with E-state index < -0.39 is 23.9 Å². The minimum absolute atomic E-state index is 0.0413. The third-order valence-corrected chi connectivity index (χ3v) is 2.70. The SMILES string of the molecule is CCOC(=O)Cc1cc(CBr)c(F)c(C(F)F)n1. The lowest BCUT2D eigenvalue weighted by molar-refractivity contribution is -0.142. The van der Waals surface area contributed by atoms with Gasteiger partial charge >= 0.3 is 5.97 Å². The van der Waals surface area contributed by atoms with Crippen LogP contribution < -0.4 is 0 Å². The Hall–Kier alpha value is -1.11. The third-order valence-electron chi connectivity index (χ3n) is 2.09. The summed E-state index contributed by atoms with van der Waals surface area (Å²) < 4.78 is 43.3. The number of ether oxygens (including phenoxy) is 1. The van der Waals surface area contributed by atoms with Crippen molar-refractivity contribution in [1.82, 2.24) is 4.98 Å². The van der Waals surface area contributed by atoms with Gasteiger partial charge in [0.2, 0.25) is 0 Å². The number of aromatic nitrogens is 1. The van der Waals surface area contributed by atoms with E-state index in [2.05, 4.69) is 25.7 Å². The van der Waals surface area contributed by atoms with Gasteiger partial charge in [0.15, 0.2) is 5.82 Å². The van der Waals surface area contributed by atoms with Gasteiger partial charge in [0, 0.05) is 10.9 Å². The minimum atomic E-state index is -3.02. The normalized spacial score (nSPS) is 10.8. The Kier molecular flexibility index (Phi) is 5.58. The van der Waals surface area contributed by atoms with Gasteiger partial charge in [0.1, 0.15) is 5.69 Å². The number of carbonyl (C=O) groups excluding carboxylic acids is 1. The molecular formula is C11H11BrF3NO2. The molecule has 18 heavy (non-hydrogen) atoms. The van der Waals surface area contributed by atoms with E-state index in [1.54, 1.807) is 6.92 Å². The fraction of sp³-hybridized carbons (Fsp3) is 0.455. The molecule has 1 rings (SSSR count). The zero-order chi connectivity index (χ0) is 13.7. The number of nitrogens with zero attached hydrogens (tertiary/aromatic N) is 1. The Bertz CT molecular complexity index is 441. The van der Waals surface area contributed by atoms with Gasteiger partial charge < -0.3 is 4.74 Å². The molecule has 100 valence electrons. The summed E-state index contributed by atoms with van der Waals surface area (Å²) in [6.45, 7) is 1.82. The van der Waals surface area contributed by atoms with Gasteiger partial charge in [0.05, 0.1) is 18.7 Å². The standard InChI is InChI=1S/C11H11BrF3NO2/c1-2-18-8(17)4-7-3-6(5-12)9(13)10(16-7)11(14)15/h3,11H,2,4-5H2,1H3. The number of pyridine rings is 1. The van der Waals surface area contributed by atoms with Crippen molar-refractivity contribution in [3.05, 3.63) is 28.8 Å². The van der Waals surface area contributed by atoms with E-state index in [4.69, 9.17) is 0 Å². The topological polar surface area (TPSA) is 39.2 Å². The van der Waals surface area contributed by atoms with Gasteiger partial charge in [-0.1, -0.05) is 15.9 Å². The predicted octanol–water partition coefficient (Wildman–Crippen LogP) is 3.16. The van der Waals surface area contributed by atoms with Crippen LogP contribution in [0.5, 0.6) is 0 Å². The van der Waals surface area contributed by atoms with Crippen LogP contribution in [0.3, 0.4) is 0 Å². The van der Waals surface area contributed by atoms with Crippen LogP contribution in [-0.2, 0) is 21.3 Å². The van der Waals surface area contributed by atoms with E-state index in [1.807, 2.05) is 0 Å². The van der Waals surface area contributed by atoms with Crippen LogP contribution >= 0.6 is 15.9 Å². The fourth-order valence-electron chi connectivity index (χ4n) is 1.36. The number of alkyl halides is 3. The Labute approximate surface area is 110 Å². The molecule has 0 aliphatic rings. The second-order valence-electron chi connectivity index (χ2n) is 3.39. The van der Waals surface area contributed by atoms with Gasteiger partial charge in [-0.15, -0.1) is 0 Å². The average Bonchev–Trinajstić information content (AvgIpc) is 2.31. The largest absolute Gasteiger partial charge is 0.466 e. The van der Waals surface area contributed by atoms with E-state index in [0.29, 0.717) is 0 Å². The summed E-state index contributed by atoms with van der Waals surface area (Å²) >= 11 is 2.99. The highest BCUT2D eigenvalue weighted by Crippen LogP contribution is 2.24. The average molecular weight is 326 g/mol. The molecule has 0 atom stereocenters. The van der Waals surface area contributed by atoms with Crippen LogP contribution in [0.15, 0.2) is 6.07 Å². The number of carbonyl (C=O) groups is 1. The molecule has 3 nitrogen and oxygen atoms in total. The van der Waals surface area contributed by atoms with Crippen molar-refractivity contribution in [1.29, 1.82) is 0 Å². The van der Waals surface area contributed by atoms with Crippen molar-refractivity contribution in [2.75, 3.05) is 6.61 Å². The molecule has 0 N–H and O–H groups in total. The third kappa shape index (κ3) is 3.69. The first-order chi connectivity index (χ1) is 8.49. The lowest BCUT2D eigenvalue weighted by Gasteiger charge is -2.09. The Balaban J connectivity index is 3.06. The summed E-state index contributed by atoms with van der Waals surface area (Å²) in [5, 5.41) is 0.0664. The molecule has 0 spiro atoms. The highest BCUT2D eigenvalue weighted by Gasteiger charge is 2.20. The lowest BCUT2D eigenvalue weighted by atomic mass is 10.1. The predicted molar refractivity (Wildman–Crippen MR) is 62.1 cm³/mol. The monoisotopic (exact) mass is 325 g/mol. The molecule has 7 heteroatoms. The van der Waals surface area contributed by atoms with Crippen LogP contribution in [0.4, 0.5) is 13.2 Å². The van der Waals surface area contributed by atoms with E-state index in [-0.39, 0.29) is 29.6 Å². The van der Waals surface area contributed by atoms with Gasteiger partial charge in [-0.3, -0.25) is 4.79 Å². The smallest absolute Gasteiger partial charge is 0.311 e. The summed E-state index contributed by atoms with van der Waals surface area (Å²) in [5.41, 5.74) is -0.828. The highest BCUT2D eigenvalue weighted by atomic mass is 79.9. The quantitative estimate of drug-likeness (QED) is 0.616. The summed E-state index contributed by atoms with van der Waals surface area (Å²) in [7, 11) is 0. The van der Waals surface area contributed by atoms with E-state index in [0.717, 1.165) is 0 Å². The van der Waals surface area contributed by atoms with Gasteiger partial charge in [-0.05, 0) is 13.0 Å². The molecule has 1 heterocycles. The second kappa shape index (κ2) is 6.72.